The molecule has 0 saturated heterocycles. The van der Waals surface area contributed by atoms with Crippen LogP contribution in [0.2, 0.25) is 0 Å². The number of carbonyl (C=O) groups excluding carboxylic acids is 1. The van der Waals surface area contributed by atoms with Crippen LogP contribution in [0.3, 0.4) is 0 Å². The number of rotatable bonds is 6. The highest BCUT2D eigenvalue weighted by atomic mass is 32.2. The number of hydrogen-bond donors (Lipinski definition) is 1. The molecule has 27 heavy (non-hydrogen) atoms. The van der Waals surface area contributed by atoms with Gasteiger partial charge < -0.3 is 4.74 Å². The maximum atomic E-state index is 13.2. The average molecular weight is 416 g/mol. The number of alkyl halides is 6. The molecular weight excluding hydrogens is 406 g/mol. The van der Waals surface area contributed by atoms with Gasteiger partial charge in [0.05, 0.1) is 12.0 Å². The standard InChI is InChI=1S/C15H10F6O5S/c16-14(17,18)13(15(19,20)21,27-26-25-23)12(22)24-8-10-6-3-5-9-4-1-2-7-11(9)10/h1-7,23H,8H2. The lowest BCUT2D eigenvalue weighted by Crippen LogP contribution is -2.60. The van der Waals surface area contributed by atoms with E-state index in [0.717, 1.165) is 0 Å². The van der Waals surface area contributed by atoms with Crippen molar-refractivity contribution in [2.75, 3.05) is 0 Å². The van der Waals surface area contributed by atoms with Gasteiger partial charge in [-0.3, -0.25) is 0 Å². The van der Waals surface area contributed by atoms with Gasteiger partial charge in [-0.2, -0.15) is 26.3 Å². The van der Waals surface area contributed by atoms with Crippen molar-refractivity contribution in [3.63, 3.8) is 0 Å². The molecule has 0 unspecified atom stereocenters. The normalized spacial score (nSPS) is 13.0. The van der Waals surface area contributed by atoms with E-state index in [-0.39, 0.29) is 5.56 Å². The first-order valence-electron chi connectivity index (χ1n) is 6.98. The molecule has 0 spiro atoms. The molecule has 0 fully saturated rings. The van der Waals surface area contributed by atoms with E-state index in [1.807, 2.05) is 0 Å². The average Bonchev–Trinajstić information content (AvgIpc) is 2.58. The van der Waals surface area contributed by atoms with Gasteiger partial charge in [0.1, 0.15) is 6.61 Å². The van der Waals surface area contributed by atoms with Crippen LogP contribution in [0.5, 0.6) is 0 Å². The summed E-state index contributed by atoms with van der Waals surface area (Å²) >= 11 is -1.47. The number of benzene rings is 2. The fourth-order valence-electron chi connectivity index (χ4n) is 2.25. The molecule has 1 N–H and O–H groups in total. The smallest absolute Gasteiger partial charge is 0.425 e. The molecule has 148 valence electrons. The Bertz CT molecular complexity index is 788. The molecule has 0 aliphatic carbocycles. The molecular formula is C15H10F6O5S. The van der Waals surface area contributed by atoms with Crippen molar-refractivity contribution in [3.8, 4) is 0 Å². The summed E-state index contributed by atoms with van der Waals surface area (Å²) in [7, 11) is 0. The molecule has 2 rings (SSSR count). The van der Waals surface area contributed by atoms with Crippen molar-refractivity contribution in [2.24, 2.45) is 0 Å². The maximum absolute atomic E-state index is 13.2. The van der Waals surface area contributed by atoms with Crippen molar-refractivity contribution >= 4 is 28.8 Å². The number of ether oxygens (including phenoxy) is 1. The summed E-state index contributed by atoms with van der Waals surface area (Å²) in [5, 5.41) is 11.9. The third kappa shape index (κ3) is 4.13. The van der Waals surface area contributed by atoms with E-state index < -0.39 is 41.7 Å². The van der Waals surface area contributed by atoms with Crippen LogP contribution in [-0.4, -0.2) is 28.3 Å². The molecule has 12 heteroatoms. The summed E-state index contributed by atoms with van der Waals surface area (Å²) in [5.74, 6) is -2.67. The lowest BCUT2D eigenvalue weighted by atomic mass is 10.1. The Morgan fingerprint density at radius 2 is 1.56 bits per heavy atom. The summed E-state index contributed by atoms with van der Waals surface area (Å²) in [4.78, 5) is 11.9. The predicted octanol–water partition coefficient (Wildman–Crippen LogP) is 4.82. The highest BCUT2D eigenvalue weighted by molar-refractivity contribution is 7.96. The third-order valence-electron chi connectivity index (χ3n) is 3.51. The summed E-state index contributed by atoms with van der Waals surface area (Å²) < 4.78 is 81.5. The number of esters is 1. The summed E-state index contributed by atoms with van der Waals surface area (Å²) in [6, 6.07) is 11.1. The van der Waals surface area contributed by atoms with E-state index in [4.69, 9.17) is 5.26 Å². The second-order valence-corrected chi connectivity index (χ2v) is 6.03. The second kappa shape index (κ2) is 7.92. The number of fused-ring (bicyclic) bond motifs is 1. The molecule has 0 aliphatic rings. The van der Waals surface area contributed by atoms with Crippen LogP contribution in [0.4, 0.5) is 26.3 Å². The Kier molecular flexibility index (Phi) is 6.24. The highest BCUT2D eigenvalue weighted by Gasteiger charge is 2.79. The zero-order chi connectivity index (χ0) is 20.3. The number of carbonyl (C=O) groups is 1. The molecule has 5 nitrogen and oxygen atoms in total. The van der Waals surface area contributed by atoms with E-state index in [1.165, 1.54) is 12.1 Å². The van der Waals surface area contributed by atoms with E-state index in [9.17, 15) is 31.1 Å². The molecule has 0 radical (unpaired) electrons. The monoisotopic (exact) mass is 416 g/mol. The Balaban J connectivity index is 2.35. The SMILES string of the molecule is O=C(OCc1cccc2ccccc12)C(SOOO)(C(F)(F)F)C(F)(F)F. The fourth-order valence-corrected chi connectivity index (χ4v) is 2.70. The molecule has 2 aromatic carbocycles. The zero-order valence-electron chi connectivity index (χ0n) is 13.0. The highest BCUT2D eigenvalue weighted by Crippen LogP contribution is 2.53. The van der Waals surface area contributed by atoms with Crippen molar-refractivity contribution in [1.29, 1.82) is 0 Å². The lowest BCUT2D eigenvalue weighted by Gasteiger charge is -2.32. The summed E-state index contributed by atoms with van der Waals surface area (Å²) in [5.41, 5.74) is 0.198. The second-order valence-electron chi connectivity index (χ2n) is 5.12. The van der Waals surface area contributed by atoms with E-state index in [0.29, 0.717) is 10.8 Å². The van der Waals surface area contributed by atoms with Crippen molar-refractivity contribution in [2.45, 2.75) is 23.7 Å². The van der Waals surface area contributed by atoms with Gasteiger partial charge in [-0.1, -0.05) is 47.5 Å². The summed E-state index contributed by atoms with van der Waals surface area (Å²) in [6.45, 7) is -0.853. The quantitative estimate of drug-likeness (QED) is 0.240. The van der Waals surface area contributed by atoms with Crippen LogP contribution < -0.4 is 0 Å². The van der Waals surface area contributed by atoms with Crippen LogP contribution in [0, 0.1) is 0 Å². The molecule has 0 aromatic heterocycles. The van der Waals surface area contributed by atoms with Gasteiger partial charge in [0.25, 0.3) is 0 Å². The van der Waals surface area contributed by atoms with Crippen LogP contribution >= 0.6 is 12.0 Å². The van der Waals surface area contributed by atoms with E-state index in [2.05, 4.69) is 14.1 Å². The van der Waals surface area contributed by atoms with Crippen LogP contribution in [0.1, 0.15) is 5.56 Å². The molecule has 0 heterocycles. The first kappa shape index (κ1) is 21.3. The molecule has 0 aliphatic heterocycles. The lowest BCUT2D eigenvalue weighted by molar-refractivity contribution is -0.434. The number of halogens is 6. The van der Waals surface area contributed by atoms with Gasteiger partial charge >= 0.3 is 23.1 Å². The molecule has 0 amide bonds. The minimum absolute atomic E-state index is 0.198. The Hall–Kier alpha value is -2.02. The van der Waals surface area contributed by atoms with Crippen molar-refractivity contribution in [1.82, 2.24) is 0 Å². The van der Waals surface area contributed by atoms with Crippen LogP contribution in [0.25, 0.3) is 10.8 Å². The Morgan fingerprint density at radius 3 is 2.15 bits per heavy atom. The van der Waals surface area contributed by atoms with Crippen LogP contribution in [-0.2, 0) is 25.5 Å². The van der Waals surface area contributed by atoms with E-state index in [1.54, 1.807) is 30.3 Å². The van der Waals surface area contributed by atoms with Gasteiger partial charge in [-0.15, -0.1) is 4.33 Å². The van der Waals surface area contributed by atoms with E-state index >= 15 is 0 Å². The molecule has 0 saturated carbocycles. The van der Waals surface area contributed by atoms with Crippen molar-refractivity contribution < 1.29 is 50.5 Å². The van der Waals surface area contributed by atoms with Gasteiger partial charge in [0.2, 0.25) is 0 Å². The summed E-state index contributed by atoms with van der Waals surface area (Å²) in [6.07, 6.45) is -12.3. The minimum atomic E-state index is -6.16. The predicted molar refractivity (Wildman–Crippen MR) is 81.0 cm³/mol. The van der Waals surface area contributed by atoms with Crippen LogP contribution in [0.15, 0.2) is 42.5 Å². The topological polar surface area (TPSA) is 65.0 Å². The van der Waals surface area contributed by atoms with Gasteiger partial charge in [-0.25, -0.2) is 10.1 Å². The largest absolute Gasteiger partial charge is 0.459 e. The first-order chi connectivity index (χ1) is 12.5. The zero-order valence-corrected chi connectivity index (χ0v) is 13.8. The third-order valence-corrected chi connectivity index (χ3v) is 4.52. The van der Waals surface area contributed by atoms with Gasteiger partial charge in [0.15, 0.2) is 0 Å². The molecule has 0 atom stereocenters. The number of hydrogen-bond acceptors (Lipinski definition) is 6. The molecule has 0 bridgehead atoms. The maximum Gasteiger partial charge on any atom is 0.425 e. The van der Waals surface area contributed by atoms with Gasteiger partial charge in [0, 0.05) is 0 Å². The van der Waals surface area contributed by atoms with Crippen molar-refractivity contribution in [3.05, 3.63) is 48.0 Å². The Morgan fingerprint density at radius 1 is 0.963 bits per heavy atom. The molecule has 2 aromatic rings. The fraction of sp³-hybridized carbons (Fsp3) is 0.267. The Labute approximate surface area is 151 Å². The first-order valence-corrected chi connectivity index (χ1v) is 7.72. The minimum Gasteiger partial charge on any atom is -0.459 e. The van der Waals surface area contributed by atoms with Gasteiger partial charge in [-0.05, 0) is 16.3 Å².